The van der Waals surface area contributed by atoms with Gasteiger partial charge in [0.05, 0.1) is 11.6 Å². The zero-order valence-electron chi connectivity index (χ0n) is 14.7. The van der Waals surface area contributed by atoms with Gasteiger partial charge in [0, 0.05) is 26.3 Å². The molecule has 140 valence electrons. The molecule has 1 aromatic heterocycles. The zero-order valence-corrected chi connectivity index (χ0v) is 16.9. The minimum Gasteiger partial charge on any atom is -0.382 e. The van der Waals surface area contributed by atoms with Gasteiger partial charge in [0.1, 0.15) is 23.3 Å². The second-order valence-electron chi connectivity index (χ2n) is 6.09. The minimum absolute atomic E-state index is 0.0359. The third-order valence-electron chi connectivity index (χ3n) is 4.15. The molecule has 0 amide bonds. The van der Waals surface area contributed by atoms with Crippen molar-refractivity contribution >= 4 is 46.3 Å². The monoisotopic (exact) mass is 429 g/mol. The predicted octanol–water partition coefficient (Wildman–Crippen LogP) is 5.73. The highest BCUT2D eigenvalue weighted by atomic mass is 35.5. The maximum atomic E-state index is 9.53. The van der Waals surface area contributed by atoms with E-state index in [1.807, 2.05) is 0 Å². The van der Waals surface area contributed by atoms with Crippen LogP contribution in [0.15, 0.2) is 42.5 Å². The second kappa shape index (κ2) is 8.15. The molecule has 2 aromatic carbocycles. The molecule has 3 aromatic rings. The largest absolute Gasteiger partial charge is 0.382 e. The summed E-state index contributed by atoms with van der Waals surface area (Å²) in [5.41, 5.74) is 8.16. The van der Waals surface area contributed by atoms with E-state index in [-0.39, 0.29) is 22.9 Å². The van der Waals surface area contributed by atoms with Crippen molar-refractivity contribution in [1.29, 1.82) is 10.7 Å². The summed E-state index contributed by atoms with van der Waals surface area (Å²) < 4.78 is 0. The number of rotatable bonds is 4. The number of benzene rings is 2. The van der Waals surface area contributed by atoms with Gasteiger partial charge < -0.3 is 11.1 Å². The van der Waals surface area contributed by atoms with Crippen molar-refractivity contribution in [1.82, 2.24) is 9.97 Å². The Kier molecular flexibility index (Phi) is 5.85. The molecule has 0 spiro atoms. The number of nitrogens with zero attached hydrogens (tertiary/aromatic N) is 3. The first kappa shape index (κ1) is 20.1. The Morgan fingerprint density at radius 1 is 1.07 bits per heavy atom. The van der Waals surface area contributed by atoms with E-state index in [9.17, 15) is 5.26 Å². The zero-order chi connectivity index (χ0) is 20.4. The van der Waals surface area contributed by atoms with Crippen LogP contribution in [0.1, 0.15) is 29.8 Å². The molecular formula is C20H14Cl3N5. The SMILES string of the molecule is CC(=N)C(c1nc(N)c(C#N)c(-c2ccc(Cl)cc2)n1)c1ccc(Cl)cc1Cl. The molecule has 0 bridgehead atoms. The van der Waals surface area contributed by atoms with Crippen LogP contribution in [0.3, 0.4) is 0 Å². The standard InChI is InChI=1S/C20H14Cl3N5/c1-10(25)17(14-7-6-13(22)8-16(14)23)20-27-18(15(9-24)19(26)28-20)11-2-4-12(21)5-3-11/h2-8,17,25H,1H3,(H2,26,27,28). The van der Waals surface area contributed by atoms with Crippen molar-refractivity contribution in [3.8, 4) is 17.3 Å². The number of hydrogen-bond donors (Lipinski definition) is 2. The van der Waals surface area contributed by atoms with E-state index in [1.165, 1.54) is 0 Å². The van der Waals surface area contributed by atoms with Gasteiger partial charge in [0.15, 0.2) is 0 Å². The molecule has 0 fully saturated rings. The lowest BCUT2D eigenvalue weighted by atomic mass is 9.93. The molecule has 5 nitrogen and oxygen atoms in total. The van der Waals surface area contributed by atoms with Crippen LogP contribution in [0, 0.1) is 16.7 Å². The lowest BCUT2D eigenvalue weighted by Crippen LogP contribution is -2.16. The molecule has 1 heterocycles. The van der Waals surface area contributed by atoms with Gasteiger partial charge in [-0.15, -0.1) is 0 Å². The van der Waals surface area contributed by atoms with E-state index in [4.69, 9.17) is 45.9 Å². The Morgan fingerprint density at radius 3 is 2.29 bits per heavy atom. The molecule has 28 heavy (non-hydrogen) atoms. The summed E-state index contributed by atoms with van der Waals surface area (Å²) in [6.45, 7) is 1.63. The lowest BCUT2D eigenvalue weighted by molar-refractivity contribution is 0.908. The maximum Gasteiger partial charge on any atom is 0.145 e. The fourth-order valence-corrected chi connectivity index (χ4v) is 3.50. The first-order valence-corrected chi connectivity index (χ1v) is 9.28. The Morgan fingerprint density at radius 2 is 1.71 bits per heavy atom. The van der Waals surface area contributed by atoms with Crippen LogP contribution in [-0.4, -0.2) is 15.7 Å². The van der Waals surface area contributed by atoms with Gasteiger partial charge in [-0.25, -0.2) is 9.97 Å². The molecule has 3 N–H and O–H groups in total. The summed E-state index contributed by atoms with van der Waals surface area (Å²) in [6, 6.07) is 14.0. The summed E-state index contributed by atoms with van der Waals surface area (Å²) in [7, 11) is 0. The summed E-state index contributed by atoms with van der Waals surface area (Å²) in [4.78, 5) is 8.87. The summed E-state index contributed by atoms with van der Waals surface area (Å²) in [5.74, 6) is -0.321. The van der Waals surface area contributed by atoms with E-state index in [0.29, 0.717) is 31.9 Å². The van der Waals surface area contributed by atoms with Crippen LogP contribution in [0.25, 0.3) is 11.3 Å². The number of nitrogens with one attached hydrogen (secondary N) is 1. The van der Waals surface area contributed by atoms with Crippen molar-refractivity contribution < 1.29 is 0 Å². The summed E-state index contributed by atoms with van der Waals surface area (Å²) >= 11 is 18.3. The number of nitriles is 1. The Bertz CT molecular complexity index is 1100. The van der Waals surface area contributed by atoms with Crippen LogP contribution >= 0.6 is 34.8 Å². The fourth-order valence-electron chi connectivity index (χ4n) is 2.85. The predicted molar refractivity (Wildman–Crippen MR) is 113 cm³/mol. The smallest absolute Gasteiger partial charge is 0.145 e. The number of aromatic nitrogens is 2. The highest BCUT2D eigenvalue weighted by Gasteiger charge is 2.25. The average Bonchev–Trinajstić information content (AvgIpc) is 2.64. The van der Waals surface area contributed by atoms with Gasteiger partial charge in [-0.2, -0.15) is 5.26 Å². The van der Waals surface area contributed by atoms with E-state index >= 15 is 0 Å². The maximum absolute atomic E-state index is 9.53. The number of hydrogen-bond acceptors (Lipinski definition) is 5. The van der Waals surface area contributed by atoms with Gasteiger partial charge >= 0.3 is 0 Å². The molecular weight excluding hydrogens is 417 g/mol. The van der Waals surface area contributed by atoms with Gasteiger partial charge in [-0.1, -0.05) is 53.0 Å². The van der Waals surface area contributed by atoms with Crippen LogP contribution in [0.2, 0.25) is 15.1 Å². The van der Waals surface area contributed by atoms with Crippen LogP contribution < -0.4 is 5.73 Å². The van der Waals surface area contributed by atoms with E-state index in [2.05, 4.69) is 16.0 Å². The molecule has 0 saturated heterocycles. The number of anilines is 1. The summed E-state index contributed by atoms with van der Waals surface area (Å²) in [6.07, 6.45) is 0. The third-order valence-corrected chi connectivity index (χ3v) is 4.96. The Hall–Kier alpha value is -2.65. The molecule has 0 aliphatic heterocycles. The van der Waals surface area contributed by atoms with Crippen LogP contribution in [-0.2, 0) is 0 Å². The lowest BCUT2D eigenvalue weighted by Gasteiger charge is -2.18. The van der Waals surface area contributed by atoms with Crippen LogP contribution in [0.4, 0.5) is 5.82 Å². The van der Waals surface area contributed by atoms with E-state index in [0.717, 1.165) is 0 Å². The highest BCUT2D eigenvalue weighted by molar-refractivity contribution is 6.35. The molecule has 3 rings (SSSR count). The van der Waals surface area contributed by atoms with Crippen molar-refractivity contribution in [3.63, 3.8) is 0 Å². The van der Waals surface area contributed by atoms with E-state index in [1.54, 1.807) is 49.4 Å². The molecule has 0 aliphatic carbocycles. The fraction of sp³-hybridized carbons (Fsp3) is 0.100. The number of nitrogens with two attached hydrogens (primary N) is 1. The first-order chi connectivity index (χ1) is 13.3. The van der Waals surface area contributed by atoms with Crippen molar-refractivity contribution in [3.05, 3.63) is 74.5 Å². The van der Waals surface area contributed by atoms with Gasteiger partial charge in [0.25, 0.3) is 0 Å². The molecule has 0 radical (unpaired) electrons. The quantitative estimate of drug-likeness (QED) is 0.516. The normalized spacial score (nSPS) is 11.7. The molecule has 1 atom stereocenters. The molecule has 8 heteroatoms. The third kappa shape index (κ3) is 3.95. The van der Waals surface area contributed by atoms with Gasteiger partial charge in [-0.05, 0) is 36.8 Å². The minimum atomic E-state index is -0.633. The van der Waals surface area contributed by atoms with Crippen molar-refractivity contribution in [2.75, 3.05) is 5.73 Å². The van der Waals surface area contributed by atoms with Crippen molar-refractivity contribution in [2.24, 2.45) is 0 Å². The highest BCUT2D eigenvalue weighted by Crippen LogP contribution is 2.34. The molecule has 0 aliphatic rings. The Labute approximate surface area is 177 Å². The topological polar surface area (TPSA) is 99.4 Å². The van der Waals surface area contributed by atoms with Gasteiger partial charge in [0.2, 0.25) is 0 Å². The van der Waals surface area contributed by atoms with Gasteiger partial charge in [-0.3, -0.25) is 0 Å². The summed E-state index contributed by atoms with van der Waals surface area (Å²) in [5, 5.41) is 19.2. The molecule has 0 saturated carbocycles. The Balaban J connectivity index is 2.24. The average molecular weight is 431 g/mol. The molecule has 1 unspecified atom stereocenters. The number of halogens is 3. The van der Waals surface area contributed by atoms with Crippen LogP contribution in [0.5, 0.6) is 0 Å². The van der Waals surface area contributed by atoms with E-state index < -0.39 is 5.92 Å². The first-order valence-electron chi connectivity index (χ1n) is 8.15. The van der Waals surface area contributed by atoms with Crippen molar-refractivity contribution in [2.45, 2.75) is 12.8 Å². The second-order valence-corrected chi connectivity index (χ2v) is 7.37. The number of nitrogen functional groups attached to an aromatic ring is 1.